The van der Waals surface area contributed by atoms with Crippen LogP contribution in [0.15, 0.2) is 24.3 Å². The number of ether oxygens (including phenoxy) is 2. The number of benzene rings is 1. The Kier molecular flexibility index (Phi) is 5.42. The first-order valence-corrected chi connectivity index (χ1v) is 7.08. The average molecular weight is 264 g/mol. The zero-order chi connectivity index (χ0) is 14.5. The Labute approximate surface area is 118 Å². The van der Waals surface area contributed by atoms with Crippen molar-refractivity contribution in [2.75, 3.05) is 6.61 Å². The van der Waals surface area contributed by atoms with Gasteiger partial charge in [-0.1, -0.05) is 12.1 Å². The van der Waals surface area contributed by atoms with Gasteiger partial charge in [0.05, 0.1) is 5.60 Å². The Morgan fingerprint density at radius 1 is 0.842 bits per heavy atom. The van der Waals surface area contributed by atoms with Gasteiger partial charge >= 0.3 is 0 Å². The molecule has 0 bridgehead atoms. The molecule has 2 nitrogen and oxygen atoms in total. The molecule has 1 rings (SSSR count). The van der Waals surface area contributed by atoms with Crippen molar-refractivity contribution in [2.45, 2.75) is 65.6 Å². The lowest BCUT2D eigenvalue weighted by atomic mass is 10.1. The molecule has 108 valence electrons. The summed E-state index contributed by atoms with van der Waals surface area (Å²) in [6.07, 6.45) is 2.10. The van der Waals surface area contributed by atoms with Gasteiger partial charge in [0.2, 0.25) is 0 Å². The second kappa shape index (κ2) is 6.42. The topological polar surface area (TPSA) is 18.5 Å². The first-order valence-electron chi connectivity index (χ1n) is 7.08. The first kappa shape index (κ1) is 16.0. The Hall–Kier alpha value is -1.02. The summed E-state index contributed by atoms with van der Waals surface area (Å²) < 4.78 is 11.5. The molecule has 0 unspecified atom stereocenters. The molecule has 0 atom stereocenters. The number of hydrogen-bond donors (Lipinski definition) is 0. The maximum Gasteiger partial charge on any atom is 0.120 e. The molecule has 0 heterocycles. The van der Waals surface area contributed by atoms with Crippen LogP contribution in [-0.2, 0) is 11.2 Å². The lowest BCUT2D eigenvalue weighted by molar-refractivity contribution is -0.00384. The second-order valence-corrected chi connectivity index (χ2v) is 6.92. The fraction of sp³-hybridized carbons (Fsp3) is 0.647. The zero-order valence-corrected chi connectivity index (χ0v) is 13.2. The van der Waals surface area contributed by atoms with Crippen molar-refractivity contribution < 1.29 is 9.47 Å². The van der Waals surface area contributed by atoms with E-state index in [2.05, 4.69) is 53.7 Å². The van der Waals surface area contributed by atoms with Gasteiger partial charge in [-0.05, 0) is 72.1 Å². The van der Waals surface area contributed by atoms with Gasteiger partial charge in [-0.15, -0.1) is 0 Å². The van der Waals surface area contributed by atoms with E-state index < -0.39 is 0 Å². The Morgan fingerprint density at radius 3 is 1.89 bits per heavy atom. The van der Waals surface area contributed by atoms with Crippen LogP contribution in [0, 0.1) is 0 Å². The third-order valence-corrected chi connectivity index (χ3v) is 2.49. The van der Waals surface area contributed by atoms with Gasteiger partial charge in [-0.3, -0.25) is 0 Å². The van der Waals surface area contributed by atoms with E-state index in [1.807, 2.05) is 12.1 Å². The van der Waals surface area contributed by atoms with E-state index in [1.165, 1.54) is 5.56 Å². The predicted octanol–water partition coefficient (Wildman–Crippen LogP) is 4.61. The van der Waals surface area contributed by atoms with Crippen LogP contribution >= 0.6 is 0 Å². The van der Waals surface area contributed by atoms with E-state index in [1.54, 1.807) is 0 Å². The molecule has 0 fully saturated rings. The van der Waals surface area contributed by atoms with E-state index in [-0.39, 0.29) is 11.2 Å². The van der Waals surface area contributed by atoms with Crippen LogP contribution in [0.2, 0.25) is 0 Å². The van der Waals surface area contributed by atoms with Gasteiger partial charge in [-0.2, -0.15) is 0 Å². The summed E-state index contributed by atoms with van der Waals surface area (Å²) in [5.41, 5.74) is 1.16. The molecule has 0 spiro atoms. The molecular formula is C17H28O2. The number of rotatable bonds is 5. The van der Waals surface area contributed by atoms with Gasteiger partial charge in [-0.25, -0.2) is 0 Å². The van der Waals surface area contributed by atoms with Crippen molar-refractivity contribution in [3.05, 3.63) is 29.8 Å². The van der Waals surface area contributed by atoms with Crippen molar-refractivity contribution in [2.24, 2.45) is 0 Å². The monoisotopic (exact) mass is 264 g/mol. The van der Waals surface area contributed by atoms with Gasteiger partial charge in [0.15, 0.2) is 0 Å². The standard InChI is InChI=1S/C17H28O2/c1-16(2,3)18-13-7-8-14-9-11-15(12-10-14)19-17(4,5)6/h9-12H,7-8,13H2,1-6H3. The minimum atomic E-state index is -0.137. The van der Waals surface area contributed by atoms with Gasteiger partial charge in [0, 0.05) is 6.61 Å². The van der Waals surface area contributed by atoms with Crippen molar-refractivity contribution in [3.63, 3.8) is 0 Å². The quantitative estimate of drug-likeness (QED) is 0.723. The first-order chi connectivity index (χ1) is 8.66. The van der Waals surface area contributed by atoms with Crippen LogP contribution in [-0.4, -0.2) is 17.8 Å². The van der Waals surface area contributed by atoms with E-state index in [0.29, 0.717) is 0 Å². The maximum atomic E-state index is 5.80. The molecule has 0 amide bonds. The van der Waals surface area contributed by atoms with Crippen molar-refractivity contribution in [1.29, 1.82) is 0 Å². The highest BCUT2D eigenvalue weighted by atomic mass is 16.5. The molecule has 0 radical (unpaired) electrons. The highest BCUT2D eigenvalue weighted by Crippen LogP contribution is 2.19. The fourth-order valence-electron chi connectivity index (χ4n) is 1.73. The Balaban J connectivity index is 2.36. The average Bonchev–Trinajstić information content (AvgIpc) is 2.23. The SMILES string of the molecule is CC(C)(C)OCCCc1ccc(OC(C)(C)C)cc1. The molecular weight excluding hydrogens is 236 g/mol. The third kappa shape index (κ3) is 7.89. The molecule has 0 saturated carbocycles. The molecule has 1 aromatic rings. The maximum absolute atomic E-state index is 5.80. The summed E-state index contributed by atoms with van der Waals surface area (Å²) in [5.74, 6) is 0.933. The summed E-state index contributed by atoms with van der Waals surface area (Å²) in [7, 11) is 0. The van der Waals surface area contributed by atoms with Crippen LogP contribution in [0.1, 0.15) is 53.5 Å². The van der Waals surface area contributed by atoms with Crippen molar-refractivity contribution >= 4 is 0 Å². The molecule has 0 aliphatic rings. The lowest BCUT2D eigenvalue weighted by Crippen LogP contribution is -2.22. The minimum Gasteiger partial charge on any atom is -0.488 e. The fourth-order valence-corrected chi connectivity index (χ4v) is 1.73. The lowest BCUT2D eigenvalue weighted by Gasteiger charge is -2.21. The van der Waals surface area contributed by atoms with Gasteiger partial charge in [0.25, 0.3) is 0 Å². The Bertz CT molecular complexity index is 366. The molecule has 1 aromatic carbocycles. The van der Waals surface area contributed by atoms with Crippen LogP contribution in [0.25, 0.3) is 0 Å². The largest absolute Gasteiger partial charge is 0.488 e. The molecule has 2 heteroatoms. The second-order valence-electron chi connectivity index (χ2n) is 6.92. The van der Waals surface area contributed by atoms with E-state index >= 15 is 0 Å². The highest BCUT2D eigenvalue weighted by Gasteiger charge is 2.11. The van der Waals surface area contributed by atoms with E-state index in [9.17, 15) is 0 Å². The normalized spacial score (nSPS) is 12.5. The molecule has 0 aliphatic carbocycles. The summed E-state index contributed by atoms with van der Waals surface area (Å²) in [4.78, 5) is 0. The Morgan fingerprint density at radius 2 is 1.42 bits per heavy atom. The summed E-state index contributed by atoms with van der Waals surface area (Å²) in [5, 5.41) is 0. The zero-order valence-electron chi connectivity index (χ0n) is 13.2. The number of hydrogen-bond acceptors (Lipinski definition) is 2. The van der Waals surface area contributed by atoms with Crippen molar-refractivity contribution in [3.8, 4) is 5.75 Å². The smallest absolute Gasteiger partial charge is 0.120 e. The summed E-state index contributed by atoms with van der Waals surface area (Å²) >= 11 is 0. The highest BCUT2D eigenvalue weighted by molar-refractivity contribution is 5.27. The molecule has 0 N–H and O–H groups in total. The van der Waals surface area contributed by atoms with E-state index in [0.717, 1.165) is 25.2 Å². The molecule has 0 aromatic heterocycles. The van der Waals surface area contributed by atoms with Crippen LogP contribution in [0.3, 0.4) is 0 Å². The van der Waals surface area contributed by atoms with Crippen LogP contribution in [0.4, 0.5) is 0 Å². The molecule has 19 heavy (non-hydrogen) atoms. The summed E-state index contributed by atoms with van der Waals surface area (Å²) in [6, 6.07) is 8.37. The molecule has 0 saturated heterocycles. The number of aryl methyl sites for hydroxylation is 1. The van der Waals surface area contributed by atoms with Gasteiger partial charge < -0.3 is 9.47 Å². The van der Waals surface area contributed by atoms with E-state index in [4.69, 9.17) is 9.47 Å². The summed E-state index contributed by atoms with van der Waals surface area (Å²) in [6.45, 7) is 13.3. The third-order valence-electron chi connectivity index (χ3n) is 2.49. The van der Waals surface area contributed by atoms with Gasteiger partial charge in [0.1, 0.15) is 11.4 Å². The molecule has 0 aliphatic heterocycles. The minimum absolute atomic E-state index is 0.0373. The van der Waals surface area contributed by atoms with Crippen molar-refractivity contribution in [1.82, 2.24) is 0 Å². The van der Waals surface area contributed by atoms with Crippen LogP contribution < -0.4 is 4.74 Å². The predicted molar refractivity (Wildman–Crippen MR) is 80.8 cm³/mol. The van der Waals surface area contributed by atoms with Crippen LogP contribution in [0.5, 0.6) is 5.75 Å².